The zero-order valence-corrected chi connectivity index (χ0v) is 19.0. The summed E-state index contributed by atoms with van der Waals surface area (Å²) in [5.74, 6) is -0.603. The predicted molar refractivity (Wildman–Crippen MR) is 134 cm³/mol. The molecule has 0 atom stereocenters. The van der Waals surface area contributed by atoms with Gasteiger partial charge in [-0.05, 0) is 58.7 Å². The fourth-order valence-electron chi connectivity index (χ4n) is 3.03. The smallest absolute Gasteiger partial charge is 0.269 e. The molecular weight excluding hydrogens is 464 g/mol. The molecule has 2 N–H and O–H groups in total. The maximum absolute atomic E-state index is 12.0. The lowest BCUT2D eigenvalue weighted by Gasteiger charge is -2.06. The first-order valence-electron chi connectivity index (χ1n) is 10.8. The average Bonchev–Trinajstić information content (AvgIpc) is 2.89. The molecule has 0 spiro atoms. The summed E-state index contributed by atoms with van der Waals surface area (Å²) in [6.07, 6.45) is 5.85. The van der Waals surface area contributed by atoms with Crippen LogP contribution in [-0.2, 0) is 22.7 Å². The van der Waals surface area contributed by atoms with Gasteiger partial charge < -0.3 is 10.6 Å². The molecule has 0 unspecified atom stereocenters. The second-order valence-corrected chi connectivity index (χ2v) is 7.62. The van der Waals surface area contributed by atoms with Gasteiger partial charge in [0.05, 0.1) is 9.85 Å². The Morgan fingerprint density at radius 3 is 1.25 bits per heavy atom. The van der Waals surface area contributed by atoms with Crippen molar-refractivity contribution in [3.8, 4) is 0 Å². The third-order valence-corrected chi connectivity index (χ3v) is 5.02. The molecule has 3 rings (SSSR count). The van der Waals surface area contributed by atoms with Gasteiger partial charge in [0, 0.05) is 49.5 Å². The monoisotopic (exact) mass is 486 g/mol. The molecule has 0 bridgehead atoms. The molecule has 10 heteroatoms. The molecule has 36 heavy (non-hydrogen) atoms. The van der Waals surface area contributed by atoms with E-state index in [-0.39, 0.29) is 23.2 Å². The summed E-state index contributed by atoms with van der Waals surface area (Å²) in [6, 6.07) is 19.1. The van der Waals surface area contributed by atoms with Gasteiger partial charge in [0.25, 0.3) is 11.4 Å². The molecule has 0 fully saturated rings. The SMILES string of the molecule is O=C(/C=C/c1ccc([N+](=O)[O-])cc1)NCc1ccc(CNC(=O)/C=C/c2ccc([N+](=O)[O-])cc2)cc1. The third-order valence-electron chi connectivity index (χ3n) is 5.02. The number of hydrogen-bond donors (Lipinski definition) is 2. The Hall–Kier alpha value is -5.12. The van der Waals surface area contributed by atoms with Crippen LogP contribution in [0.5, 0.6) is 0 Å². The fourth-order valence-corrected chi connectivity index (χ4v) is 3.03. The molecule has 182 valence electrons. The molecule has 0 heterocycles. The Morgan fingerprint density at radius 2 is 0.944 bits per heavy atom. The van der Waals surface area contributed by atoms with Crippen molar-refractivity contribution in [1.82, 2.24) is 10.6 Å². The van der Waals surface area contributed by atoms with E-state index in [4.69, 9.17) is 0 Å². The van der Waals surface area contributed by atoms with Gasteiger partial charge in [-0.3, -0.25) is 29.8 Å². The minimum Gasteiger partial charge on any atom is -0.348 e. The van der Waals surface area contributed by atoms with E-state index < -0.39 is 9.85 Å². The first-order valence-corrected chi connectivity index (χ1v) is 10.8. The van der Waals surface area contributed by atoms with E-state index in [1.54, 1.807) is 36.4 Å². The van der Waals surface area contributed by atoms with E-state index in [2.05, 4.69) is 10.6 Å². The Bertz CT molecular complexity index is 1200. The van der Waals surface area contributed by atoms with E-state index in [9.17, 15) is 29.8 Å². The second-order valence-electron chi connectivity index (χ2n) is 7.62. The van der Waals surface area contributed by atoms with E-state index in [1.165, 1.54) is 36.4 Å². The number of nitrogens with one attached hydrogen (secondary N) is 2. The largest absolute Gasteiger partial charge is 0.348 e. The van der Waals surface area contributed by atoms with Gasteiger partial charge in [-0.25, -0.2) is 0 Å². The van der Waals surface area contributed by atoms with Crippen molar-refractivity contribution in [1.29, 1.82) is 0 Å². The van der Waals surface area contributed by atoms with Gasteiger partial charge in [0.1, 0.15) is 0 Å². The molecule has 0 saturated carbocycles. The minimum atomic E-state index is -0.485. The molecule has 0 aliphatic heterocycles. The number of nitrogens with zero attached hydrogens (tertiary/aromatic N) is 2. The molecular formula is C26H22N4O6. The molecule has 2 amide bonds. The van der Waals surface area contributed by atoms with Crippen LogP contribution in [0.2, 0.25) is 0 Å². The van der Waals surface area contributed by atoms with E-state index in [1.807, 2.05) is 24.3 Å². The highest BCUT2D eigenvalue weighted by atomic mass is 16.6. The van der Waals surface area contributed by atoms with Crippen molar-refractivity contribution >= 4 is 35.3 Å². The highest BCUT2D eigenvalue weighted by molar-refractivity contribution is 5.92. The Labute approximate surface area is 206 Å². The number of nitro groups is 2. The molecule has 10 nitrogen and oxygen atoms in total. The minimum absolute atomic E-state index is 0.0154. The number of hydrogen-bond acceptors (Lipinski definition) is 6. The van der Waals surface area contributed by atoms with Gasteiger partial charge in [0.2, 0.25) is 11.8 Å². The first kappa shape index (κ1) is 25.5. The number of benzene rings is 3. The van der Waals surface area contributed by atoms with Crippen LogP contribution in [-0.4, -0.2) is 21.7 Å². The maximum Gasteiger partial charge on any atom is 0.269 e. The summed E-state index contributed by atoms with van der Waals surface area (Å²) in [6.45, 7) is 0.627. The number of nitro benzene ring substituents is 2. The van der Waals surface area contributed by atoms with E-state index in [0.29, 0.717) is 24.2 Å². The number of amides is 2. The molecule has 3 aromatic rings. The molecule has 0 radical (unpaired) electrons. The average molecular weight is 486 g/mol. The lowest BCUT2D eigenvalue weighted by atomic mass is 10.1. The normalized spacial score (nSPS) is 10.9. The van der Waals surface area contributed by atoms with E-state index in [0.717, 1.165) is 11.1 Å². The molecule has 0 aliphatic rings. The van der Waals surface area contributed by atoms with Gasteiger partial charge in [-0.1, -0.05) is 24.3 Å². The summed E-state index contributed by atoms with van der Waals surface area (Å²) in [5.41, 5.74) is 3.06. The number of non-ortho nitro benzene ring substituents is 2. The van der Waals surface area contributed by atoms with Crippen LogP contribution in [0.4, 0.5) is 11.4 Å². The summed E-state index contributed by atoms with van der Waals surface area (Å²) < 4.78 is 0. The third kappa shape index (κ3) is 8.03. The standard InChI is InChI=1S/C26H22N4O6/c31-25(15-9-19-5-11-23(12-6-19)29(33)34)27-17-21-1-2-22(4-3-21)18-28-26(32)16-10-20-7-13-24(14-8-20)30(35)36/h1-16H,17-18H2,(H,27,31)(H,28,32)/b15-9+,16-10+. The summed E-state index contributed by atoms with van der Waals surface area (Å²) >= 11 is 0. The van der Waals surface area contributed by atoms with Gasteiger partial charge in [-0.15, -0.1) is 0 Å². The lowest BCUT2D eigenvalue weighted by molar-refractivity contribution is -0.385. The van der Waals surface area contributed by atoms with Crippen molar-refractivity contribution in [2.75, 3.05) is 0 Å². The quantitative estimate of drug-likeness (QED) is 0.250. The zero-order valence-electron chi connectivity index (χ0n) is 19.0. The highest BCUT2D eigenvalue weighted by Crippen LogP contribution is 2.14. The zero-order chi connectivity index (χ0) is 25.9. The van der Waals surface area contributed by atoms with Crippen molar-refractivity contribution < 1.29 is 19.4 Å². The highest BCUT2D eigenvalue weighted by Gasteiger charge is 2.04. The fraction of sp³-hybridized carbons (Fsp3) is 0.0769. The van der Waals surface area contributed by atoms with Crippen LogP contribution >= 0.6 is 0 Å². The second kappa shape index (κ2) is 12.4. The molecule has 0 aromatic heterocycles. The van der Waals surface area contributed by atoms with Crippen LogP contribution in [0.1, 0.15) is 22.3 Å². The van der Waals surface area contributed by atoms with Crippen molar-refractivity contribution in [2.45, 2.75) is 13.1 Å². The Morgan fingerprint density at radius 1 is 0.611 bits per heavy atom. The van der Waals surface area contributed by atoms with Crippen LogP contribution in [0.15, 0.2) is 84.9 Å². The first-order chi connectivity index (χ1) is 17.3. The van der Waals surface area contributed by atoms with Crippen LogP contribution in [0, 0.1) is 20.2 Å². The van der Waals surface area contributed by atoms with Crippen molar-refractivity contribution in [3.63, 3.8) is 0 Å². The van der Waals surface area contributed by atoms with Crippen LogP contribution in [0.25, 0.3) is 12.2 Å². The van der Waals surface area contributed by atoms with Gasteiger partial charge in [-0.2, -0.15) is 0 Å². The van der Waals surface area contributed by atoms with Crippen molar-refractivity contribution in [2.24, 2.45) is 0 Å². The van der Waals surface area contributed by atoms with Gasteiger partial charge >= 0.3 is 0 Å². The Balaban J connectivity index is 1.41. The molecule has 3 aromatic carbocycles. The molecule has 0 saturated heterocycles. The number of carbonyl (C=O) groups is 2. The lowest BCUT2D eigenvalue weighted by Crippen LogP contribution is -2.21. The topological polar surface area (TPSA) is 144 Å². The summed E-state index contributed by atoms with van der Waals surface area (Å²) in [7, 11) is 0. The Kier molecular flexibility index (Phi) is 8.76. The molecule has 0 aliphatic carbocycles. The van der Waals surface area contributed by atoms with Crippen molar-refractivity contribution in [3.05, 3.63) is 127 Å². The van der Waals surface area contributed by atoms with Crippen LogP contribution in [0.3, 0.4) is 0 Å². The van der Waals surface area contributed by atoms with Gasteiger partial charge in [0.15, 0.2) is 0 Å². The number of rotatable bonds is 10. The van der Waals surface area contributed by atoms with E-state index >= 15 is 0 Å². The summed E-state index contributed by atoms with van der Waals surface area (Å²) in [4.78, 5) is 44.4. The van der Waals surface area contributed by atoms with Crippen LogP contribution < -0.4 is 10.6 Å². The summed E-state index contributed by atoms with van der Waals surface area (Å²) in [5, 5.41) is 26.9. The maximum atomic E-state index is 12.0. The predicted octanol–water partition coefficient (Wildman–Crippen LogP) is 4.16. The number of carbonyl (C=O) groups excluding carboxylic acids is 2.